The largest absolute Gasteiger partial charge is 0.451 e. The monoisotopic (exact) mass is 385 g/mol. The van der Waals surface area contributed by atoms with E-state index in [0.717, 1.165) is 17.2 Å². The number of para-hydroxylation sites is 1. The van der Waals surface area contributed by atoms with E-state index in [4.69, 9.17) is 4.74 Å². The van der Waals surface area contributed by atoms with Gasteiger partial charge in [0.05, 0.1) is 11.3 Å². The first-order valence-corrected chi connectivity index (χ1v) is 10.4. The first-order valence-electron chi connectivity index (χ1n) is 8.32. The number of ketones is 1. The molecule has 1 N–H and O–H groups in total. The molecule has 0 fully saturated rings. The molecule has 3 aromatic rings. The number of aromatic nitrogens is 1. The highest BCUT2D eigenvalue weighted by atomic mass is 32.2. The summed E-state index contributed by atoms with van der Waals surface area (Å²) in [6.45, 7) is 1.52. The van der Waals surface area contributed by atoms with Crippen LogP contribution >= 0.6 is 0 Å². The second-order valence-electron chi connectivity index (χ2n) is 6.43. The van der Waals surface area contributed by atoms with Gasteiger partial charge in [-0.25, -0.2) is 13.2 Å². The van der Waals surface area contributed by atoms with Crippen molar-refractivity contribution in [1.29, 1.82) is 0 Å². The maximum atomic E-state index is 12.7. The molecule has 0 aliphatic carbocycles. The molecule has 7 heteroatoms. The van der Waals surface area contributed by atoms with Crippen LogP contribution < -0.4 is 0 Å². The van der Waals surface area contributed by atoms with Gasteiger partial charge in [0.1, 0.15) is 0 Å². The summed E-state index contributed by atoms with van der Waals surface area (Å²) >= 11 is 0. The van der Waals surface area contributed by atoms with Crippen molar-refractivity contribution in [2.75, 3.05) is 6.26 Å². The third-order valence-corrected chi connectivity index (χ3v) is 4.96. The molecule has 6 nitrogen and oxygen atoms in total. The van der Waals surface area contributed by atoms with Gasteiger partial charge in [0.15, 0.2) is 15.9 Å². The molecule has 140 valence electrons. The van der Waals surface area contributed by atoms with E-state index in [0.29, 0.717) is 11.1 Å². The average molecular weight is 385 g/mol. The minimum atomic E-state index is -3.22. The standard InChI is InChI=1S/C20H19NO5S/c1-13(19(22)17-11-21-18-9-4-3-8-16(17)18)26-20(23)15-7-5-6-14(10-15)12-27(2,24)25/h3-11,13,21H,12H2,1-2H3/t13-/m0/s1. The first-order chi connectivity index (χ1) is 12.7. The smallest absolute Gasteiger partial charge is 0.338 e. The Hall–Kier alpha value is -2.93. The second-order valence-corrected chi connectivity index (χ2v) is 8.57. The van der Waals surface area contributed by atoms with Crippen molar-refractivity contribution in [1.82, 2.24) is 4.98 Å². The number of sulfone groups is 1. The Morgan fingerprint density at radius 2 is 1.85 bits per heavy atom. The molecular formula is C20H19NO5S. The van der Waals surface area contributed by atoms with Crippen molar-refractivity contribution in [2.24, 2.45) is 0 Å². The minimum Gasteiger partial charge on any atom is -0.451 e. The third-order valence-electron chi connectivity index (χ3n) is 4.10. The number of hydrogen-bond donors (Lipinski definition) is 1. The number of aromatic amines is 1. The van der Waals surface area contributed by atoms with Gasteiger partial charge in [-0.15, -0.1) is 0 Å². The molecule has 0 aliphatic rings. The fraction of sp³-hybridized carbons (Fsp3) is 0.200. The summed E-state index contributed by atoms with van der Waals surface area (Å²) in [5.41, 5.74) is 1.97. The average Bonchev–Trinajstić information content (AvgIpc) is 3.03. The van der Waals surface area contributed by atoms with Crippen LogP contribution in [0, 0.1) is 0 Å². The minimum absolute atomic E-state index is 0.169. The van der Waals surface area contributed by atoms with E-state index in [-0.39, 0.29) is 17.1 Å². The number of ether oxygens (including phenoxy) is 1. The Balaban J connectivity index is 1.76. The highest BCUT2D eigenvalue weighted by Crippen LogP contribution is 2.20. The summed E-state index contributed by atoms with van der Waals surface area (Å²) in [5.74, 6) is -1.16. The molecule has 0 amide bonds. The van der Waals surface area contributed by atoms with E-state index in [9.17, 15) is 18.0 Å². The molecule has 27 heavy (non-hydrogen) atoms. The maximum absolute atomic E-state index is 12.7. The summed E-state index contributed by atoms with van der Waals surface area (Å²) in [7, 11) is -3.22. The van der Waals surface area contributed by atoms with Gasteiger partial charge in [-0.05, 0) is 30.7 Å². The van der Waals surface area contributed by atoms with Crippen LogP contribution in [-0.2, 0) is 20.3 Å². The molecular weight excluding hydrogens is 366 g/mol. The molecule has 3 rings (SSSR count). The Morgan fingerprint density at radius 1 is 1.11 bits per heavy atom. The van der Waals surface area contributed by atoms with Crippen molar-refractivity contribution < 1.29 is 22.7 Å². The summed E-state index contributed by atoms with van der Waals surface area (Å²) in [6.07, 6.45) is 1.75. The van der Waals surface area contributed by atoms with Crippen LogP contribution in [0.4, 0.5) is 0 Å². The fourth-order valence-corrected chi connectivity index (χ4v) is 3.65. The molecule has 0 saturated carbocycles. The number of Topliss-reactive ketones (excluding diaryl/α,β-unsaturated/α-hetero) is 1. The molecule has 1 aromatic heterocycles. The summed E-state index contributed by atoms with van der Waals surface area (Å²) < 4.78 is 28.2. The van der Waals surface area contributed by atoms with Gasteiger partial charge in [-0.1, -0.05) is 30.3 Å². The van der Waals surface area contributed by atoms with E-state index in [1.807, 2.05) is 24.3 Å². The van der Waals surface area contributed by atoms with Crippen LogP contribution in [0.1, 0.15) is 33.2 Å². The molecule has 0 saturated heterocycles. The normalized spacial score (nSPS) is 12.7. The lowest BCUT2D eigenvalue weighted by Crippen LogP contribution is -2.24. The Labute approximate surface area is 157 Å². The van der Waals surface area contributed by atoms with Crippen LogP contribution in [0.15, 0.2) is 54.7 Å². The molecule has 0 spiro atoms. The van der Waals surface area contributed by atoms with Crippen LogP contribution in [0.5, 0.6) is 0 Å². The van der Waals surface area contributed by atoms with E-state index < -0.39 is 21.9 Å². The molecule has 1 heterocycles. The number of rotatable bonds is 6. The van der Waals surface area contributed by atoms with Crippen LogP contribution in [-0.4, -0.2) is 37.5 Å². The zero-order chi connectivity index (χ0) is 19.6. The van der Waals surface area contributed by atoms with E-state index in [1.165, 1.54) is 19.1 Å². The zero-order valence-corrected chi connectivity index (χ0v) is 15.7. The molecule has 0 aliphatic heterocycles. The zero-order valence-electron chi connectivity index (χ0n) is 14.9. The number of carbonyl (C=O) groups is 2. The van der Waals surface area contributed by atoms with Crippen LogP contribution in [0.3, 0.4) is 0 Å². The van der Waals surface area contributed by atoms with Crippen molar-refractivity contribution in [3.8, 4) is 0 Å². The topological polar surface area (TPSA) is 93.3 Å². The van der Waals surface area contributed by atoms with Gasteiger partial charge < -0.3 is 9.72 Å². The van der Waals surface area contributed by atoms with Crippen molar-refractivity contribution >= 4 is 32.5 Å². The van der Waals surface area contributed by atoms with Crippen LogP contribution in [0.2, 0.25) is 0 Å². The number of esters is 1. The van der Waals surface area contributed by atoms with E-state index >= 15 is 0 Å². The van der Waals surface area contributed by atoms with Crippen molar-refractivity contribution in [3.05, 3.63) is 71.4 Å². The maximum Gasteiger partial charge on any atom is 0.338 e. The van der Waals surface area contributed by atoms with Gasteiger partial charge in [-0.2, -0.15) is 0 Å². The number of benzene rings is 2. The molecule has 0 radical (unpaired) electrons. The highest BCUT2D eigenvalue weighted by molar-refractivity contribution is 7.89. The second kappa shape index (κ2) is 7.36. The fourth-order valence-electron chi connectivity index (χ4n) is 2.87. The van der Waals surface area contributed by atoms with E-state index in [1.54, 1.807) is 18.3 Å². The summed E-state index contributed by atoms with van der Waals surface area (Å²) in [5, 5.41) is 0.764. The number of H-pyrrole nitrogens is 1. The van der Waals surface area contributed by atoms with Gasteiger partial charge in [0.2, 0.25) is 5.78 Å². The molecule has 0 bridgehead atoms. The lowest BCUT2D eigenvalue weighted by Gasteiger charge is -2.12. The lowest BCUT2D eigenvalue weighted by atomic mass is 10.1. The Kier molecular flexibility index (Phi) is 5.14. The van der Waals surface area contributed by atoms with Gasteiger partial charge in [0, 0.05) is 28.9 Å². The Morgan fingerprint density at radius 3 is 2.59 bits per heavy atom. The Bertz CT molecular complexity index is 1110. The quantitative estimate of drug-likeness (QED) is 0.520. The van der Waals surface area contributed by atoms with E-state index in [2.05, 4.69) is 4.98 Å². The molecule has 2 aromatic carbocycles. The first kappa shape index (κ1) is 18.8. The number of carbonyl (C=O) groups excluding carboxylic acids is 2. The van der Waals surface area contributed by atoms with Crippen molar-refractivity contribution in [2.45, 2.75) is 18.8 Å². The van der Waals surface area contributed by atoms with Gasteiger partial charge in [0.25, 0.3) is 0 Å². The van der Waals surface area contributed by atoms with Gasteiger partial charge >= 0.3 is 5.97 Å². The van der Waals surface area contributed by atoms with Crippen molar-refractivity contribution in [3.63, 3.8) is 0 Å². The van der Waals surface area contributed by atoms with Gasteiger partial charge in [-0.3, -0.25) is 4.79 Å². The lowest BCUT2D eigenvalue weighted by molar-refractivity contribution is 0.0319. The predicted octanol–water partition coefficient (Wildman–Crippen LogP) is 3.14. The number of fused-ring (bicyclic) bond motifs is 1. The summed E-state index contributed by atoms with van der Waals surface area (Å²) in [6, 6.07) is 13.6. The third kappa shape index (κ3) is 4.43. The van der Waals surface area contributed by atoms with Crippen LogP contribution in [0.25, 0.3) is 10.9 Å². The highest BCUT2D eigenvalue weighted by Gasteiger charge is 2.23. The summed E-state index contributed by atoms with van der Waals surface area (Å²) in [4.78, 5) is 28.1. The molecule has 1 atom stereocenters. The molecule has 0 unspecified atom stereocenters. The number of nitrogens with one attached hydrogen (secondary N) is 1. The SMILES string of the molecule is C[C@H](OC(=O)c1cccc(CS(C)(=O)=O)c1)C(=O)c1c[nH]c2ccccc12. The number of hydrogen-bond acceptors (Lipinski definition) is 5. The predicted molar refractivity (Wildman–Crippen MR) is 102 cm³/mol.